The number of hydrogen-bond acceptors (Lipinski definition) is 4. The average molecular weight is 312 g/mol. The third kappa shape index (κ3) is 3.29. The highest BCUT2D eigenvalue weighted by Gasteiger charge is 2.47. The van der Waals surface area contributed by atoms with E-state index in [1.807, 2.05) is 19.1 Å². The van der Waals surface area contributed by atoms with Gasteiger partial charge in [-0.25, -0.2) is 13.1 Å². The molecular formula is C15H24N2O3S. The van der Waals surface area contributed by atoms with Crippen molar-refractivity contribution in [3.8, 4) is 0 Å². The Morgan fingerprint density at radius 2 is 1.76 bits per heavy atom. The van der Waals surface area contributed by atoms with Crippen LogP contribution >= 0.6 is 0 Å². The summed E-state index contributed by atoms with van der Waals surface area (Å²) in [6.07, 6.45) is 0. The van der Waals surface area contributed by atoms with Crippen molar-refractivity contribution < 1.29 is 13.5 Å². The first-order valence-electron chi connectivity index (χ1n) is 7.05. The standard InChI is InChI=1S/C15H24N2O3S/c1-14(2)10-17(11-15(14,3)18)9-12-5-7-13(8-6-12)21(19,20)16-4/h5-8,16,18H,9-11H2,1-4H3/t15-/m0/s1. The van der Waals surface area contributed by atoms with E-state index in [2.05, 4.69) is 23.5 Å². The lowest BCUT2D eigenvalue weighted by atomic mass is 9.79. The highest BCUT2D eigenvalue weighted by Crippen LogP contribution is 2.38. The molecule has 0 saturated carbocycles. The highest BCUT2D eigenvalue weighted by atomic mass is 32.2. The molecule has 1 heterocycles. The number of benzene rings is 1. The van der Waals surface area contributed by atoms with Crippen molar-refractivity contribution in [3.63, 3.8) is 0 Å². The molecule has 0 aromatic heterocycles. The van der Waals surface area contributed by atoms with E-state index in [0.29, 0.717) is 13.1 Å². The molecule has 21 heavy (non-hydrogen) atoms. The number of nitrogens with zero attached hydrogens (tertiary/aromatic N) is 1. The molecule has 1 aromatic rings. The summed E-state index contributed by atoms with van der Waals surface area (Å²) >= 11 is 0. The van der Waals surface area contributed by atoms with Gasteiger partial charge in [0.15, 0.2) is 0 Å². The van der Waals surface area contributed by atoms with Crippen molar-refractivity contribution in [2.24, 2.45) is 5.41 Å². The van der Waals surface area contributed by atoms with Gasteiger partial charge in [0.1, 0.15) is 0 Å². The van der Waals surface area contributed by atoms with Crippen molar-refractivity contribution in [3.05, 3.63) is 29.8 Å². The average Bonchev–Trinajstić information content (AvgIpc) is 2.58. The fourth-order valence-corrected chi connectivity index (χ4v) is 3.43. The van der Waals surface area contributed by atoms with Gasteiger partial charge in [-0.2, -0.15) is 0 Å². The Hall–Kier alpha value is -0.950. The van der Waals surface area contributed by atoms with Crippen molar-refractivity contribution >= 4 is 10.0 Å². The zero-order chi connectivity index (χ0) is 15.9. The van der Waals surface area contributed by atoms with Crippen LogP contribution in [-0.4, -0.2) is 44.2 Å². The van der Waals surface area contributed by atoms with E-state index >= 15 is 0 Å². The largest absolute Gasteiger partial charge is 0.388 e. The summed E-state index contributed by atoms with van der Waals surface area (Å²) in [5, 5.41) is 10.4. The molecule has 0 radical (unpaired) electrons. The van der Waals surface area contributed by atoms with Crippen LogP contribution in [0.25, 0.3) is 0 Å². The molecule has 0 unspecified atom stereocenters. The predicted molar refractivity (Wildman–Crippen MR) is 82.4 cm³/mol. The maximum atomic E-state index is 11.7. The van der Waals surface area contributed by atoms with Gasteiger partial charge in [0.25, 0.3) is 0 Å². The molecule has 0 amide bonds. The fraction of sp³-hybridized carbons (Fsp3) is 0.600. The highest BCUT2D eigenvalue weighted by molar-refractivity contribution is 7.89. The maximum Gasteiger partial charge on any atom is 0.240 e. The molecule has 1 aliphatic rings. The van der Waals surface area contributed by atoms with Crippen molar-refractivity contribution in [1.82, 2.24) is 9.62 Å². The second kappa shape index (κ2) is 5.35. The van der Waals surface area contributed by atoms with Crippen LogP contribution in [-0.2, 0) is 16.6 Å². The molecule has 0 spiro atoms. The Balaban J connectivity index is 2.09. The summed E-state index contributed by atoms with van der Waals surface area (Å²) in [6, 6.07) is 6.87. The first kappa shape index (κ1) is 16.4. The van der Waals surface area contributed by atoms with Crippen LogP contribution < -0.4 is 4.72 Å². The van der Waals surface area contributed by atoms with E-state index in [1.165, 1.54) is 7.05 Å². The smallest absolute Gasteiger partial charge is 0.240 e. The summed E-state index contributed by atoms with van der Waals surface area (Å²) in [6.45, 7) is 8.15. The molecule has 2 rings (SSSR count). The van der Waals surface area contributed by atoms with E-state index in [4.69, 9.17) is 0 Å². The molecule has 118 valence electrons. The minimum absolute atomic E-state index is 0.150. The molecule has 2 N–H and O–H groups in total. The molecule has 1 aromatic carbocycles. The van der Waals surface area contributed by atoms with Crippen molar-refractivity contribution in [1.29, 1.82) is 0 Å². The first-order valence-corrected chi connectivity index (χ1v) is 8.53. The molecule has 1 fully saturated rings. The fourth-order valence-electron chi connectivity index (χ4n) is 2.70. The zero-order valence-corrected chi connectivity index (χ0v) is 13.9. The second-order valence-corrected chi connectivity index (χ2v) is 8.54. The van der Waals surface area contributed by atoms with Crippen LogP contribution in [0.1, 0.15) is 26.3 Å². The number of β-amino-alcohol motifs (C(OH)–C–C–N with tert-alkyl or cyclic N) is 1. The third-order valence-electron chi connectivity index (χ3n) is 4.52. The quantitative estimate of drug-likeness (QED) is 0.876. The van der Waals surface area contributed by atoms with Crippen LogP contribution in [0.3, 0.4) is 0 Å². The summed E-state index contributed by atoms with van der Waals surface area (Å²) in [5.41, 5.74) is 0.184. The number of nitrogens with one attached hydrogen (secondary N) is 1. The Kier molecular flexibility index (Phi) is 4.19. The zero-order valence-electron chi connectivity index (χ0n) is 13.0. The molecule has 0 aliphatic carbocycles. The molecule has 0 bridgehead atoms. The van der Waals surface area contributed by atoms with Crippen LogP contribution in [0.2, 0.25) is 0 Å². The number of hydrogen-bond donors (Lipinski definition) is 2. The normalized spacial score (nSPS) is 26.1. The molecule has 1 saturated heterocycles. The topological polar surface area (TPSA) is 69.6 Å². The van der Waals surface area contributed by atoms with E-state index in [-0.39, 0.29) is 10.3 Å². The lowest BCUT2D eigenvalue weighted by Gasteiger charge is -2.31. The number of aliphatic hydroxyl groups is 1. The first-order chi connectivity index (χ1) is 9.57. The van der Waals surface area contributed by atoms with Crippen LogP contribution in [0.5, 0.6) is 0 Å². The van der Waals surface area contributed by atoms with Gasteiger partial charge in [-0.3, -0.25) is 4.90 Å². The second-order valence-electron chi connectivity index (χ2n) is 6.65. The maximum absolute atomic E-state index is 11.7. The van der Waals surface area contributed by atoms with Gasteiger partial charge < -0.3 is 5.11 Å². The SMILES string of the molecule is CNS(=O)(=O)c1ccc(CN2CC(C)(C)[C@@](C)(O)C2)cc1. The number of likely N-dealkylation sites (tertiary alicyclic amines) is 1. The third-order valence-corrected chi connectivity index (χ3v) is 5.95. The van der Waals surface area contributed by atoms with E-state index in [1.54, 1.807) is 12.1 Å². The summed E-state index contributed by atoms with van der Waals surface area (Å²) < 4.78 is 25.6. The van der Waals surface area contributed by atoms with Crippen molar-refractivity contribution in [2.45, 2.75) is 37.8 Å². The van der Waals surface area contributed by atoms with Crippen LogP contribution in [0.15, 0.2) is 29.2 Å². The monoisotopic (exact) mass is 312 g/mol. The van der Waals surface area contributed by atoms with Gasteiger partial charge in [0, 0.05) is 25.0 Å². The Morgan fingerprint density at radius 1 is 1.19 bits per heavy atom. The molecule has 1 aliphatic heterocycles. The summed E-state index contributed by atoms with van der Waals surface area (Å²) in [5.74, 6) is 0. The van der Waals surface area contributed by atoms with Gasteiger partial charge in [-0.15, -0.1) is 0 Å². The number of rotatable bonds is 4. The molecule has 1 atom stereocenters. The Bertz CT molecular complexity index is 590. The van der Waals surface area contributed by atoms with E-state index in [0.717, 1.165) is 12.1 Å². The summed E-state index contributed by atoms with van der Waals surface area (Å²) in [7, 11) is -1.98. The van der Waals surface area contributed by atoms with Gasteiger partial charge in [0.05, 0.1) is 10.5 Å². The molecular weight excluding hydrogens is 288 g/mol. The van der Waals surface area contributed by atoms with Gasteiger partial charge in [0.2, 0.25) is 10.0 Å². The minimum Gasteiger partial charge on any atom is -0.388 e. The minimum atomic E-state index is -3.38. The van der Waals surface area contributed by atoms with Gasteiger partial charge in [-0.05, 0) is 31.7 Å². The van der Waals surface area contributed by atoms with Gasteiger partial charge in [-0.1, -0.05) is 26.0 Å². The Morgan fingerprint density at radius 3 is 2.19 bits per heavy atom. The van der Waals surface area contributed by atoms with E-state index < -0.39 is 15.6 Å². The van der Waals surface area contributed by atoms with E-state index in [9.17, 15) is 13.5 Å². The predicted octanol–water partition coefficient (Wildman–Crippen LogP) is 1.19. The molecule has 6 heteroatoms. The van der Waals surface area contributed by atoms with Crippen LogP contribution in [0, 0.1) is 5.41 Å². The Labute approximate surface area is 127 Å². The lowest BCUT2D eigenvalue weighted by Crippen LogP contribution is -2.40. The molecule has 5 nitrogen and oxygen atoms in total. The van der Waals surface area contributed by atoms with Gasteiger partial charge >= 0.3 is 0 Å². The van der Waals surface area contributed by atoms with Crippen LogP contribution in [0.4, 0.5) is 0 Å². The van der Waals surface area contributed by atoms with Crippen molar-refractivity contribution in [2.75, 3.05) is 20.1 Å². The lowest BCUT2D eigenvalue weighted by molar-refractivity contribution is -0.0111. The summed E-state index contributed by atoms with van der Waals surface area (Å²) in [4.78, 5) is 2.46. The number of sulfonamides is 1.